The number of nitrogens with one attached hydrogen (secondary N) is 1. The van der Waals surface area contributed by atoms with Gasteiger partial charge >= 0.3 is 0 Å². The first-order valence-corrected chi connectivity index (χ1v) is 5.70. The van der Waals surface area contributed by atoms with Gasteiger partial charge in [-0.3, -0.25) is 14.5 Å². The van der Waals surface area contributed by atoms with Gasteiger partial charge in [-0.25, -0.2) is 4.98 Å². The third-order valence-electron chi connectivity index (χ3n) is 2.44. The molecule has 0 aromatic carbocycles. The molecule has 2 heterocycles. The second-order valence-electron chi connectivity index (χ2n) is 4.24. The van der Waals surface area contributed by atoms with Crippen LogP contribution in [0.1, 0.15) is 22.8 Å². The van der Waals surface area contributed by atoms with E-state index < -0.39 is 0 Å². The van der Waals surface area contributed by atoms with Crippen molar-refractivity contribution >= 4 is 5.91 Å². The maximum atomic E-state index is 11.9. The van der Waals surface area contributed by atoms with Crippen LogP contribution in [0.2, 0.25) is 0 Å². The molecule has 1 unspecified atom stereocenters. The van der Waals surface area contributed by atoms with E-state index in [1.165, 1.54) is 6.33 Å². The number of aromatic nitrogens is 4. The predicted octanol–water partition coefficient (Wildman–Crippen LogP) is 0.800. The number of hydrogen-bond acceptors (Lipinski definition) is 4. The molecule has 0 saturated carbocycles. The van der Waals surface area contributed by atoms with Crippen LogP contribution in [0, 0.1) is 6.92 Å². The summed E-state index contributed by atoms with van der Waals surface area (Å²) in [5.74, 6) is -0.126. The highest BCUT2D eigenvalue weighted by Gasteiger charge is 2.10. The van der Waals surface area contributed by atoms with Gasteiger partial charge in [-0.1, -0.05) is 0 Å². The average molecular weight is 245 g/mol. The van der Waals surface area contributed by atoms with Gasteiger partial charge in [0.2, 0.25) is 0 Å². The van der Waals surface area contributed by atoms with Crippen LogP contribution in [0.15, 0.2) is 31.1 Å². The summed E-state index contributed by atoms with van der Waals surface area (Å²) in [6.07, 6.45) is 6.37. The third kappa shape index (κ3) is 3.13. The molecular formula is C12H15N5O. The van der Waals surface area contributed by atoms with Crippen molar-refractivity contribution in [3.05, 3.63) is 42.2 Å². The summed E-state index contributed by atoms with van der Waals surface area (Å²) < 4.78 is 1.68. The van der Waals surface area contributed by atoms with Crippen molar-refractivity contribution in [2.45, 2.75) is 26.4 Å². The lowest BCUT2D eigenvalue weighted by Crippen LogP contribution is -2.35. The molecule has 1 amide bonds. The number of rotatable bonds is 4. The number of carbonyl (C=O) groups excluding carboxylic acids is 1. The topological polar surface area (TPSA) is 72.7 Å². The quantitative estimate of drug-likeness (QED) is 0.864. The molecule has 2 aromatic heterocycles. The SMILES string of the molecule is Cc1cncc(C(=O)NC(C)Cn2cncn2)c1. The summed E-state index contributed by atoms with van der Waals surface area (Å²) in [4.78, 5) is 19.8. The van der Waals surface area contributed by atoms with Crippen molar-refractivity contribution in [2.24, 2.45) is 0 Å². The fraction of sp³-hybridized carbons (Fsp3) is 0.333. The Kier molecular flexibility index (Phi) is 3.66. The molecule has 2 rings (SSSR count). The molecule has 0 saturated heterocycles. The smallest absolute Gasteiger partial charge is 0.253 e. The zero-order valence-electron chi connectivity index (χ0n) is 10.4. The summed E-state index contributed by atoms with van der Waals surface area (Å²) in [6.45, 7) is 4.41. The van der Waals surface area contributed by atoms with Gasteiger partial charge in [0.05, 0.1) is 12.1 Å². The maximum Gasteiger partial charge on any atom is 0.253 e. The second-order valence-corrected chi connectivity index (χ2v) is 4.24. The number of carbonyl (C=O) groups is 1. The minimum atomic E-state index is -0.126. The minimum Gasteiger partial charge on any atom is -0.348 e. The lowest BCUT2D eigenvalue weighted by atomic mass is 10.2. The number of pyridine rings is 1. The molecule has 0 fully saturated rings. The minimum absolute atomic E-state index is 0.0280. The normalized spacial score (nSPS) is 12.1. The van der Waals surface area contributed by atoms with Gasteiger partial charge < -0.3 is 5.32 Å². The molecule has 1 atom stereocenters. The molecule has 0 aliphatic heterocycles. The van der Waals surface area contributed by atoms with Crippen molar-refractivity contribution in [2.75, 3.05) is 0 Å². The van der Waals surface area contributed by atoms with E-state index in [1.807, 2.05) is 19.9 Å². The van der Waals surface area contributed by atoms with Crippen molar-refractivity contribution in [3.8, 4) is 0 Å². The van der Waals surface area contributed by atoms with Gasteiger partial charge in [-0.05, 0) is 25.5 Å². The van der Waals surface area contributed by atoms with Crippen LogP contribution < -0.4 is 5.32 Å². The summed E-state index contributed by atoms with van der Waals surface area (Å²) >= 11 is 0. The van der Waals surface area contributed by atoms with Crippen molar-refractivity contribution in [1.29, 1.82) is 0 Å². The molecule has 94 valence electrons. The Morgan fingerprint density at radius 1 is 1.44 bits per heavy atom. The maximum absolute atomic E-state index is 11.9. The highest BCUT2D eigenvalue weighted by molar-refractivity contribution is 5.94. The van der Waals surface area contributed by atoms with E-state index in [0.29, 0.717) is 12.1 Å². The largest absolute Gasteiger partial charge is 0.348 e. The molecule has 0 radical (unpaired) electrons. The van der Waals surface area contributed by atoms with Crippen LogP contribution in [-0.2, 0) is 6.54 Å². The predicted molar refractivity (Wildman–Crippen MR) is 65.9 cm³/mol. The Morgan fingerprint density at radius 3 is 2.94 bits per heavy atom. The van der Waals surface area contributed by atoms with E-state index in [-0.39, 0.29) is 11.9 Å². The van der Waals surface area contributed by atoms with Crippen LogP contribution in [0.3, 0.4) is 0 Å². The molecule has 0 spiro atoms. The molecule has 0 aliphatic rings. The van der Waals surface area contributed by atoms with Gasteiger partial charge in [0.25, 0.3) is 5.91 Å². The lowest BCUT2D eigenvalue weighted by Gasteiger charge is -2.13. The Bertz CT molecular complexity index is 523. The van der Waals surface area contributed by atoms with Gasteiger partial charge in [-0.15, -0.1) is 0 Å². The van der Waals surface area contributed by atoms with Crippen LogP contribution in [0.5, 0.6) is 0 Å². The number of aryl methyl sites for hydroxylation is 1. The lowest BCUT2D eigenvalue weighted by molar-refractivity contribution is 0.0935. The van der Waals surface area contributed by atoms with Gasteiger partial charge in [0.1, 0.15) is 12.7 Å². The van der Waals surface area contributed by atoms with E-state index in [1.54, 1.807) is 23.4 Å². The molecule has 6 heteroatoms. The first-order valence-electron chi connectivity index (χ1n) is 5.70. The summed E-state index contributed by atoms with van der Waals surface area (Å²) in [7, 11) is 0. The Balaban J connectivity index is 1.95. The van der Waals surface area contributed by atoms with E-state index >= 15 is 0 Å². The molecule has 6 nitrogen and oxygen atoms in total. The fourth-order valence-corrected chi connectivity index (χ4v) is 1.64. The average Bonchev–Trinajstić information content (AvgIpc) is 2.81. The molecule has 0 bridgehead atoms. The Labute approximate surface area is 105 Å². The van der Waals surface area contributed by atoms with Crippen LogP contribution >= 0.6 is 0 Å². The first kappa shape index (κ1) is 12.2. The standard InChI is InChI=1S/C12H15N5O/c1-9-3-11(5-13-4-9)12(18)16-10(2)6-17-8-14-7-15-17/h3-5,7-8,10H,6H2,1-2H3,(H,16,18). The van der Waals surface area contributed by atoms with Crippen LogP contribution in [0.4, 0.5) is 0 Å². The zero-order chi connectivity index (χ0) is 13.0. The Morgan fingerprint density at radius 2 is 2.28 bits per heavy atom. The first-order chi connectivity index (χ1) is 8.65. The molecule has 1 N–H and O–H groups in total. The molecular weight excluding hydrogens is 230 g/mol. The van der Waals surface area contributed by atoms with Gasteiger partial charge in [0, 0.05) is 18.4 Å². The van der Waals surface area contributed by atoms with Crippen LogP contribution in [0.25, 0.3) is 0 Å². The van der Waals surface area contributed by atoms with Crippen molar-refractivity contribution < 1.29 is 4.79 Å². The molecule has 18 heavy (non-hydrogen) atoms. The third-order valence-corrected chi connectivity index (χ3v) is 2.44. The van der Waals surface area contributed by atoms with Gasteiger partial charge in [-0.2, -0.15) is 5.10 Å². The van der Waals surface area contributed by atoms with Crippen molar-refractivity contribution in [3.63, 3.8) is 0 Å². The van der Waals surface area contributed by atoms with E-state index in [4.69, 9.17) is 0 Å². The number of hydrogen-bond donors (Lipinski definition) is 1. The monoisotopic (exact) mass is 245 g/mol. The van der Waals surface area contributed by atoms with Crippen LogP contribution in [-0.4, -0.2) is 31.7 Å². The highest BCUT2D eigenvalue weighted by atomic mass is 16.1. The zero-order valence-corrected chi connectivity index (χ0v) is 10.4. The summed E-state index contributed by atoms with van der Waals surface area (Å²) in [5, 5.41) is 6.89. The van der Waals surface area contributed by atoms with E-state index in [9.17, 15) is 4.79 Å². The highest BCUT2D eigenvalue weighted by Crippen LogP contribution is 2.01. The fourth-order valence-electron chi connectivity index (χ4n) is 1.64. The summed E-state index contributed by atoms with van der Waals surface area (Å²) in [5.41, 5.74) is 1.53. The second kappa shape index (κ2) is 5.39. The molecule has 2 aromatic rings. The van der Waals surface area contributed by atoms with E-state index in [0.717, 1.165) is 5.56 Å². The number of nitrogens with zero attached hydrogens (tertiary/aromatic N) is 4. The molecule has 0 aliphatic carbocycles. The van der Waals surface area contributed by atoms with Gasteiger partial charge in [0.15, 0.2) is 0 Å². The van der Waals surface area contributed by atoms with Crippen molar-refractivity contribution in [1.82, 2.24) is 25.1 Å². The van der Waals surface area contributed by atoms with E-state index in [2.05, 4.69) is 20.4 Å². The Hall–Kier alpha value is -2.24. The summed E-state index contributed by atoms with van der Waals surface area (Å²) in [6, 6.07) is 1.78. The number of amides is 1.